The van der Waals surface area contributed by atoms with Gasteiger partial charge in [0, 0.05) is 18.7 Å². The van der Waals surface area contributed by atoms with Gasteiger partial charge in [0.15, 0.2) is 5.96 Å². The van der Waals surface area contributed by atoms with Crippen molar-refractivity contribution in [1.29, 1.82) is 0 Å². The maximum Gasteiger partial charge on any atom is 0.329 e. The Morgan fingerprint density at radius 3 is 2.04 bits per heavy atom. The summed E-state index contributed by atoms with van der Waals surface area (Å²) in [7, 11) is 0. The molecular formula is C40H61N7O6. The van der Waals surface area contributed by atoms with Gasteiger partial charge in [-0.3, -0.25) is 19.4 Å². The molecule has 1 fully saturated rings. The molecule has 3 amide bonds. The van der Waals surface area contributed by atoms with Gasteiger partial charge in [0.25, 0.3) is 0 Å². The minimum atomic E-state index is -1.18. The van der Waals surface area contributed by atoms with Gasteiger partial charge in [0.05, 0.1) is 18.2 Å². The van der Waals surface area contributed by atoms with Crippen LogP contribution in [-0.4, -0.2) is 78.7 Å². The Kier molecular flexibility index (Phi) is 17.7. The van der Waals surface area contributed by atoms with Crippen molar-refractivity contribution in [2.45, 2.75) is 128 Å². The maximum atomic E-state index is 13.9. The molecule has 0 spiro atoms. The van der Waals surface area contributed by atoms with E-state index >= 15 is 0 Å². The molecule has 0 saturated heterocycles. The Labute approximate surface area is 314 Å². The van der Waals surface area contributed by atoms with E-state index in [9.17, 15) is 19.2 Å². The number of carbonyl (C=O) groups is 4. The Morgan fingerprint density at radius 1 is 0.830 bits per heavy atom. The summed E-state index contributed by atoms with van der Waals surface area (Å²) in [4.78, 5) is 58.7. The molecule has 0 heterocycles. The molecular weight excluding hydrogens is 674 g/mol. The second-order valence-corrected chi connectivity index (χ2v) is 15.0. The van der Waals surface area contributed by atoms with Crippen LogP contribution >= 0.6 is 0 Å². The molecule has 13 heteroatoms. The third-order valence-corrected chi connectivity index (χ3v) is 8.87. The lowest BCUT2D eigenvalue weighted by Crippen LogP contribution is -2.60. The van der Waals surface area contributed by atoms with Crippen molar-refractivity contribution >= 4 is 35.3 Å². The SMILES string of the molecule is CC(C)[C@H](NC(=O)[C@@H](N)CCCN=C(N)Nc1ccccc1)C(=O)N[C@@H](COC(C)(C)C)C(=O)N[C@@H](Cc1ccccc1)C(=O)OC1CCCCCC1. The van der Waals surface area contributed by atoms with E-state index in [2.05, 4.69) is 26.3 Å². The van der Waals surface area contributed by atoms with Crippen LogP contribution in [0.2, 0.25) is 0 Å². The third kappa shape index (κ3) is 16.4. The molecule has 0 aliphatic heterocycles. The molecule has 1 aliphatic rings. The number of rotatable bonds is 18. The first kappa shape index (κ1) is 42.9. The summed E-state index contributed by atoms with van der Waals surface area (Å²) < 4.78 is 11.9. The van der Waals surface area contributed by atoms with Crippen LogP contribution in [0.1, 0.15) is 91.5 Å². The number of anilines is 1. The monoisotopic (exact) mass is 735 g/mol. The highest BCUT2D eigenvalue weighted by Gasteiger charge is 2.34. The number of aliphatic imine (C=N–C) groups is 1. The van der Waals surface area contributed by atoms with E-state index in [1.165, 1.54) is 0 Å². The van der Waals surface area contributed by atoms with E-state index < -0.39 is 53.5 Å². The number of guanidine groups is 1. The molecule has 2 aromatic rings. The van der Waals surface area contributed by atoms with Gasteiger partial charge in [-0.25, -0.2) is 4.79 Å². The normalized spacial score (nSPS) is 16.4. The van der Waals surface area contributed by atoms with Crippen LogP contribution in [0.3, 0.4) is 0 Å². The summed E-state index contributed by atoms with van der Waals surface area (Å²) in [5.41, 5.74) is 13.2. The van der Waals surface area contributed by atoms with Crippen molar-refractivity contribution < 1.29 is 28.7 Å². The lowest BCUT2D eigenvalue weighted by atomic mass is 10.0. The average Bonchev–Trinajstić information content (AvgIpc) is 3.39. The van der Waals surface area contributed by atoms with Gasteiger partial charge in [0.2, 0.25) is 17.7 Å². The van der Waals surface area contributed by atoms with E-state index in [1.807, 2.05) is 81.4 Å². The Bertz CT molecular complexity index is 1460. The van der Waals surface area contributed by atoms with Gasteiger partial charge < -0.3 is 42.2 Å². The lowest BCUT2D eigenvalue weighted by Gasteiger charge is -2.29. The van der Waals surface area contributed by atoms with Crippen molar-refractivity contribution in [3.05, 3.63) is 66.2 Å². The number of hydrogen-bond acceptors (Lipinski definition) is 8. The highest BCUT2D eigenvalue weighted by molar-refractivity contribution is 5.94. The summed E-state index contributed by atoms with van der Waals surface area (Å²) in [6, 6.07) is 14.7. The van der Waals surface area contributed by atoms with Gasteiger partial charge in [-0.1, -0.05) is 75.2 Å². The third-order valence-electron chi connectivity index (χ3n) is 8.87. The van der Waals surface area contributed by atoms with Crippen LogP contribution in [-0.2, 0) is 35.1 Å². The highest BCUT2D eigenvalue weighted by atomic mass is 16.5. The fourth-order valence-corrected chi connectivity index (χ4v) is 5.85. The van der Waals surface area contributed by atoms with E-state index in [4.69, 9.17) is 20.9 Å². The molecule has 292 valence electrons. The Morgan fingerprint density at radius 2 is 1.43 bits per heavy atom. The maximum absolute atomic E-state index is 13.9. The largest absolute Gasteiger partial charge is 0.461 e. The van der Waals surface area contributed by atoms with Crippen molar-refractivity contribution in [3.8, 4) is 0 Å². The number of esters is 1. The fourth-order valence-electron chi connectivity index (χ4n) is 5.85. The molecule has 53 heavy (non-hydrogen) atoms. The predicted octanol–water partition coefficient (Wildman–Crippen LogP) is 3.95. The number of amides is 3. The quantitative estimate of drug-likeness (QED) is 0.0431. The topological polar surface area (TPSA) is 199 Å². The standard InChI is InChI=1S/C40H61N7O6/c1-27(2)34(47-35(48)31(41)23-16-24-43-39(42)44-29-19-12-9-13-20-29)37(50)46-33(26-52-40(3,4)5)36(49)45-32(25-28-17-10-8-11-18-28)38(51)53-30-21-14-6-7-15-22-30/h8-13,17-20,27,30-34H,6-7,14-16,21-26,41H2,1-5H3,(H,45,49)(H,46,50)(H,47,48)(H3,42,43,44)/t31-,32-,33-,34-/m0/s1. The van der Waals surface area contributed by atoms with Gasteiger partial charge in [-0.2, -0.15) is 0 Å². The zero-order valence-electron chi connectivity index (χ0n) is 32.1. The number of hydrogen-bond donors (Lipinski definition) is 6. The molecule has 0 aromatic heterocycles. The Balaban J connectivity index is 1.66. The van der Waals surface area contributed by atoms with Crippen molar-refractivity contribution in [2.75, 3.05) is 18.5 Å². The molecule has 1 saturated carbocycles. The second-order valence-electron chi connectivity index (χ2n) is 15.0. The zero-order valence-corrected chi connectivity index (χ0v) is 32.1. The number of ether oxygens (including phenoxy) is 2. The fraction of sp³-hybridized carbons (Fsp3) is 0.575. The summed E-state index contributed by atoms with van der Waals surface area (Å²) in [5.74, 6) is -2.29. The summed E-state index contributed by atoms with van der Waals surface area (Å²) in [6.45, 7) is 9.27. The van der Waals surface area contributed by atoms with Gasteiger partial charge in [-0.15, -0.1) is 0 Å². The first-order valence-electron chi connectivity index (χ1n) is 18.9. The number of para-hydroxylation sites is 1. The molecule has 4 atom stereocenters. The van der Waals surface area contributed by atoms with Gasteiger partial charge >= 0.3 is 5.97 Å². The van der Waals surface area contributed by atoms with Crippen LogP contribution in [0.5, 0.6) is 0 Å². The highest BCUT2D eigenvalue weighted by Crippen LogP contribution is 2.21. The zero-order chi connectivity index (χ0) is 38.8. The molecule has 0 bridgehead atoms. The Hall–Kier alpha value is -4.49. The van der Waals surface area contributed by atoms with Crippen LogP contribution in [0, 0.1) is 5.92 Å². The van der Waals surface area contributed by atoms with Crippen molar-refractivity contribution in [1.82, 2.24) is 16.0 Å². The average molecular weight is 736 g/mol. The summed E-state index contributed by atoms with van der Waals surface area (Å²) >= 11 is 0. The number of nitrogens with one attached hydrogen (secondary N) is 4. The van der Waals surface area contributed by atoms with Crippen molar-refractivity contribution in [3.63, 3.8) is 0 Å². The van der Waals surface area contributed by atoms with Crippen LogP contribution in [0.15, 0.2) is 65.7 Å². The number of nitrogens with two attached hydrogens (primary N) is 2. The molecule has 0 radical (unpaired) electrons. The number of nitrogens with zero attached hydrogens (tertiary/aromatic N) is 1. The molecule has 1 aliphatic carbocycles. The number of carbonyl (C=O) groups excluding carboxylic acids is 4. The van der Waals surface area contributed by atoms with Crippen LogP contribution < -0.4 is 32.7 Å². The summed E-state index contributed by atoms with van der Waals surface area (Å²) in [5, 5.41) is 11.4. The van der Waals surface area contributed by atoms with Gasteiger partial charge in [-0.05, 0) is 82.9 Å². The molecule has 13 nitrogen and oxygen atoms in total. The molecule has 8 N–H and O–H groups in total. The number of benzene rings is 2. The molecule has 3 rings (SSSR count). The lowest BCUT2D eigenvalue weighted by molar-refractivity contribution is -0.154. The van der Waals surface area contributed by atoms with Crippen LogP contribution in [0.4, 0.5) is 5.69 Å². The molecule has 0 unspecified atom stereocenters. The van der Waals surface area contributed by atoms with E-state index in [1.54, 1.807) is 13.8 Å². The molecule has 2 aromatic carbocycles. The van der Waals surface area contributed by atoms with E-state index in [0.717, 1.165) is 49.8 Å². The first-order chi connectivity index (χ1) is 25.2. The smallest absolute Gasteiger partial charge is 0.329 e. The summed E-state index contributed by atoms with van der Waals surface area (Å²) in [6.07, 6.45) is 6.57. The van der Waals surface area contributed by atoms with E-state index in [-0.39, 0.29) is 31.0 Å². The van der Waals surface area contributed by atoms with Crippen molar-refractivity contribution in [2.24, 2.45) is 22.4 Å². The van der Waals surface area contributed by atoms with Gasteiger partial charge in [0.1, 0.15) is 24.2 Å². The van der Waals surface area contributed by atoms with E-state index in [0.29, 0.717) is 19.4 Å². The minimum absolute atomic E-state index is 0.169. The first-order valence-corrected chi connectivity index (χ1v) is 18.9. The predicted molar refractivity (Wildman–Crippen MR) is 208 cm³/mol. The van der Waals surface area contributed by atoms with Crippen LogP contribution in [0.25, 0.3) is 0 Å². The minimum Gasteiger partial charge on any atom is -0.461 e. The second kappa shape index (κ2) is 21.9.